The molecule has 6 N–H and O–H groups in total. The standard InChI is InChI=1S/C33H54N6O4/c1-3-35-31(41)27(23-25-15-8-6-9-16-25)37-32(42)28-19-14-22-39(28)33(43)29(26-17-10-7-11-18-26)38-30(40)24(2)36-21-13-5-4-12-20-34/h6,8-9,15-16,24,26-29,36H,3-5,7,10-14,17-23,34H2,1-2H3,(H,35,41)(H,37,42)(H,38,40)/t24-,27-,28-,29-/m0/s1. The summed E-state index contributed by atoms with van der Waals surface area (Å²) in [6, 6.07) is 7.06. The first-order chi connectivity index (χ1) is 20.8. The van der Waals surface area contributed by atoms with Crippen molar-refractivity contribution in [3.8, 4) is 0 Å². The van der Waals surface area contributed by atoms with Crippen LogP contribution in [0.25, 0.3) is 0 Å². The van der Waals surface area contributed by atoms with E-state index in [-0.39, 0.29) is 29.5 Å². The fourth-order valence-electron chi connectivity index (χ4n) is 6.27. The third-order valence-corrected chi connectivity index (χ3v) is 8.76. The zero-order chi connectivity index (χ0) is 31.0. The van der Waals surface area contributed by atoms with Crippen LogP contribution in [0.2, 0.25) is 0 Å². The van der Waals surface area contributed by atoms with Crippen molar-refractivity contribution in [2.75, 3.05) is 26.2 Å². The number of carbonyl (C=O) groups is 4. The van der Waals surface area contributed by atoms with Crippen LogP contribution in [-0.2, 0) is 25.6 Å². The van der Waals surface area contributed by atoms with Crippen molar-refractivity contribution in [1.82, 2.24) is 26.2 Å². The number of carbonyl (C=O) groups excluding carboxylic acids is 4. The maximum Gasteiger partial charge on any atom is 0.246 e. The average molecular weight is 599 g/mol. The Morgan fingerprint density at radius 3 is 2.33 bits per heavy atom. The SMILES string of the molecule is CCNC(=O)[C@H](Cc1ccccc1)NC(=O)[C@@H]1CCCN1C(=O)[C@@H](NC(=O)[C@H](C)NCCCCCCN)C1CCCCC1. The molecule has 10 nitrogen and oxygen atoms in total. The van der Waals surface area contributed by atoms with Crippen LogP contribution >= 0.6 is 0 Å². The number of likely N-dealkylation sites (tertiary alicyclic amines) is 1. The lowest BCUT2D eigenvalue weighted by Gasteiger charge is -2.35. The molecule has 2 aliphatic rings. The predicted octanol–water partition coefficient (Wildman–Crippen LogP) is 2.40. The van der Waals surface area contributed by atoms with Crippen molar-refractivity contribution >= 4 is 23.6 Å². The van der Waals surface area contributed by atoms with Gasteiger partial charge in [-0.15, -0.1) is 0 Å². The molecule has 0 spiro atoms. The molecule has 3 rings (SSSR count). The number of hydrogen-bond donors (Lipinski definition) is 5. The van der Waals surface area contributed by atoms with Gasteiger partial charge in [0.15, 0.2) is 0 Å². The lowest BCUT2D eigenvalue weighted by atomic mass is 9.83. The number of hydrogen-bond acceptors (Lipinski definition) is 6. The van der Waals surface area contributed by atoms with Gasteiger partial charge in [0, 0.05) is 19.5 Å². The van der Waals surface area contributed by atoms with Gasteiger partial charge in [0.05, 0.1) is 6.04 Å². The molecule has 4 amide bonds. The molecular formula is C33H54N6O4. The van der Waals surface area contributed by atoms with E-state index in [9.17, 15) is 19.2 Å². The normalized spacial score (nSPS) is 19.3. The van der Waals surface area contributed by atoms with E-state index >= 15 is 0 Å². The summed E-state index contributed by atoms with van der Waals surface area (Å²) in [5.41, 5.74) is 6.51. The first kappa shape index (κ1) is 34.5. The van der Waals surface area contributed by atoms with Gasteiger partial charge in [-0.25, -0.2) is 0 Å². The van der Waals surface area contributed by atoms with Crippen LogP contribution in [-0.4, -0.2) is 78.9 Å². The zero-order valence-corrected chi connectivity index (χ0v) is 26.2. The highest BCUT2D eigenvalue weighted by atomic mass is 16.2. The second-order valence-electron chi connectivity index (χ2n) is 12.1. The molecule has 1 aliphatic heterocycles. The highest BCUT2D eigenvalue weighted by Gasteiger charge is 2.41. The molecule has 1 heterocycles. The van der Waals surface area contributed by atoms with Crippen molar-refractivity contribution in [1.29, 1.82) is 0 Å². The molecule has 43 heavy (non-hydrogen) atoms. The Kier molecular flexibility index (Phi) is 15.0. The molecule has 1 aromatic rings. The van der Waals surface area contributed by atoms with E-state index in [4.69, 9.17) is 5.73 Å². The van der Waals surface area contributed by atoms with E-state index in [1.165, 1.54) is 0 Å². The van der Waals surface area contributed by atoms with Crippen molar-refractivity contribution in [2.24, 2.45) is 11.7 Å². The van der Waals surface area contributed by atoms with Gasteiger partial charge >= 0.3 is 0 Å². The molecule has 0 bridgehead atoms. The number of rotatable bonds is 17. The van der Waals surface area contributed by atoms with Gasteiger partial charge in [0.2, 0.25) is 23.6 Å². The highest BCUT2D eigenvalue weighted by molar-refractivity contribution is 5.95. The minimum Gasteiger partial charge on any atom is -0.355 e. The molecule has 1 saturated heterocycles. The summed E-state index contributed by atoms with van der Waals surface area (Å²) in [7, 11) is 0. The molecule has 1 saturated carbocycles. The van der Waals surface area contributed by atoms with Crippen molar-refractivity contribution in [2.45, 2.75) is 115 Å². The Morgan fingerprint density at radius 1 is 0.907 bits per heavy atom. The van der Waals surface area contributed by atoms with E-state index in [1.807, 2.05) is 44.2 Å². The topological polar surface area (TPSA) is 146 Å². The second kappa shape index (κ2) is 18.6. The number of amides is 4. The van der Waals surface area contributed by atoms with E-state index in [0.717, 1.165) is 69.9 Å². The zero-order valence-electron chi connectivity index (χ0n) is 26.2. The van der Waals surface area contributed by atoms with Gasteiger partial charge < -0.3 is 31.9 Å². The van der Waals surface area contributed by atoms with Gasteiger partial charge in [0.1, 0.15) is 18.1 Å². The van der Waals surface area contributed by atoms with Crippen LogP contribution in [0.5, 0.6) is 0 Å². The molecule has 240 valence electrons. The summed E-state index contributed by atoms with van der Waals surface area (Å²) >= 11 is 0. The van der Waals surface area contributed by atoms with E-state index in [1.54, 1.807) is 4.90 Å². The maximum atomic E-state index is 14.1. The number of nitrogens with zero attached hydrogens (tertiary/aromatic N) is 1. The lowest BCUT2D eigenvalue weighted by Crippen LogP contribution is -2.59. The molecule has 4 atom stereocenters. The Hall–Kier alpha value is -2.98. The monoisotopic (exact) mass is 598 g/mol. The van der Waals surface area contributed by atoms with Gasteiger partial charge in [-0.3, -0.25) is 19.2 Å². The maximum absolute atomic E-state index is 14.1. The average Bonchev–Trinajstić information content (AvgIpc) is 3.52. The minimum atomic E-state index is -0.747. The first-order valence-electron chi connectivity index (χ1n) is 16.5. The van der Waals surface area contributed by atoms with E-state index in [0.29, 0.717) is 38.9 Å². The van der Waals surface area contributed by atoms with Crippen LogP contribution in [0.4, 0.5) is 0 Å². The summed E-state index contributed by atoms with van der Waals surface area (Å²) in [5, 5.41) is 12.2. The molecule has 1 aliphatic carbocycles. The molecule has 2 fully saturated rings. The van der Waals surface area contributed by atoms with Crippen LogP contribution in [0.3, 0.4) is 0 Å². The summed E-state index contributed by atoms with van der Waals surface area (Å²) < 4.78 is 0. The third-order valence-electron chi connectivity index (χ3n) is 8.76. The van der Waals surface area contributed by atoms with Gasteiger partial charge in [-0.1, -0.05) is 62.4 Å². The summed E-state index contributed by atoms with van der Waals surface area (Å²) in [5.74, 6) is -0.908. The number of nitrogens with one attached hydrogen (secondary N) is 4. The Bertz CT molecular complexity index is 1020. The van der Waals surface area contributed by atoms with Crippen LogP contribution < -0.4 is 27.0 Å². The van der Waals surface area contributed by atoms with E-state index < -0.39 is 24.2 Å². The smallest absolute Gasteiger partial charge is 0.246 e. The van der Waals surface area contributed by atoms with Crippen molar-refractivity contribution < 1.29 is 19.2 Å². The number of nitrogens with two attached hydrogens (primary N) is 1. The predicted molar refractivity (Wildman–Crippen MR) is 169 cm³/mol. The molecule has 0 radical (unpaired) electrons. The third kappa shape index (κ3) is 10.9. The molecule has 0 unspecified atom stereocenters. The van der Waals surface area contributed by atoms with Gasteiger partial charge in [0.25, 0.3) is 0 Å². The Morgan fingerprint density at radius 2 is 1.63 bits per heavy atom. The Balaban J connectivity index is 1.67. The van der Waals surface area contributed by atoms with Crippen LogP contribution in [0.1, 0.15) is 90.0 Å². The number of unbranched alkanes of at least 4 members (excludes halogenated alkanes) is 3. The molecule has 0 aromatic heterocycles. The summed E-state index contributed by atoms with van der Waals surface area (Å²) in [6.07, 6.45) is 10.6. The Labute approximate surface area is 257 Å². The highest BCUT2D eigenvalue weighted by Crippen LogP contribution is 2.29. The van der Waals surface area contributed by atoms with Gasteiger partial charge in [-0.05, 0) is 76.9 Å². The summed E-state index contributed by atoms with van der Waals surface area (Å²) in [4.78, 5) is 55.5. The van der Waals surface area contributed by atoms with Crippen molar-refractivity contribution in [3.63, 3.8) is 0 Å². The minimum absolute atomic E-state index is 0.0409. The number of likely N-dealkylation sites (N-methyl/N-ethyl adjacent to an activating group) is 1. The molecule has 1 aromatic carbocycles. The fourth-order valence-corrected chi connectivity index (χ4v) is 6.27. The van der Waals surface area contributed by atoms with E-state index in [2.05, 4.69) is 21.3 Å². The molecular weight excluding hydrogens is 544 g/mol. The fraction of sp³-hybridized carbons (Fsp3) is 0.697. The quantitative estimate of drug-likeness (QED) is 0.174. The second-order valence-corrected chi connectivity index (χ2v) is 12.1. The lowest BCUT2D eigenvalue weighted by molar-refractivity contribution is -0.143. The summed E-state index contributed by atoms with van der Waals surface area (Å²) in [6.45, 7) is 6.01. The van der Waals surface area contributed by atoms with Crippen LogP contribution in [0, 0.1) is 5.92 Å². The number of benzene rings is 1. The first-order valence-corrected chi connectivity index (χ1v) is 16.5. The van der Waals surface area contributed by atoms with Gasteiger partial charge in [-0.2, -0.15) is 0 Å². The largest absolute Gasteiger partial charge is 0.355 e. The molecule has 10 heteroatoms. The van der Waals surface area contributed by atoms with Crippen molar-refractivity contribution in [3.05, 3.63) is 35.9 Å². The van der Waals surface area contributed by atoms with Crippen LogP contribution in [0.15, 0.2) is 30.3 Å².